The molecule has 2 N–H and O–H groups in total. The number of hydrogen-bond acceptors (Lipinski definition) is 4. The van der Waals surface area contributed by atoms with E-state index in [9.17, 15) is 9.65 Å². The molecular weight excluding hydrogens is 343 g/mol. The Labute approximate surface area is 150 Å². The molecule has 0 atom stereocenters. The van der Waals surface area contributed by atoms with E-state index in [2.05, 4.69) is 16.2 Å². The van der Waals surface area contributed by atoms with E-state index in [4.69, 9.17) is 5.73 Å². The first-order valence-electron chi connectivity index (χ1n) is 7.48. The van der Waals surface area contributed by atoms with Gasteiger partial charge < -0.3 is 10.3 Å². The Morgan fingerprint density at radius 3 is 2.76 bits per heavy atom. The third-order valence-corrected chi connectivity index (χ3v) is 3.79. The predicted molar refractivity (Wildman–Crippen MR) is 96.9 cm³/mol. The number of benzene rings is 1. The molecule has 0 aliphatic carbocycles. The molecule has 0 bridgehead atoms. The van der Waals surface area contributed by atoms with Crippen LogP contribution in [0.15, 0.2) is 36.4 Å². The maximum Gasteiger partial charge on any atom is 0.117 e. The van der Waals surface area contributed by atoms with E-state index < -0.39 is 0 Å². The maximum absolute atomic E-state index is 13.8. The van der Waals surface area contributed by atoms with Crippen molar-refractivity contribution in [2.75, 3.05) is 6.54 Å². The molecule has 0 aliphatic rings. The van der Waals surface area contributed by atoms with Gasteiger partial charge >= 0.3 is 0 Å². The number of nitrogens with two attached hydrogens (primary N) is 1. The van der Waals surface area contributed by atoms with Crippen LogP contribution in [0.1, 0.15) is 11.3 Å². The first-order chi connectivity index (χ1) is 11.5. The van der Waals surface area contributed by atoms with Gasteiger partial charge in [-0.3, -0.25) is 4.68 Å². The van der Waals surface area contributed by atoms with Crippen LogP contribution < -0.4 is 5.73 Å². The number of nitriles is 1. The average Bonchev–Trinajstić information content (AvgIpc) is 3.09. The fourth-order valence-electron chi connectivity index (χ4n) is 2.77. The van der Waals surface area contributed by atoms with Gasteiger partial charge in [-0.2, -0.15) is 10.4 Å². The van der Waals surface area contributed by atoms with Crippen molar-refractivity contribution in [3.8, 4) is 17.3 Å². The Bertz CT molecular complexity index is 979. The van der Waals surface area contributed by atoms with Crippen molar-refractivity contribution in [2.45, 2.75) is 13.5 Å². The summed E-state index contributed by atoms with van der Waals surface area (Å²) in [4.78, 5) is 4.42. The van der Waals surface area contributed by atoms with E-state index in [-0.39, 0.29) is 31.3 Å². The van der Waals surface area contributed by atoms with Crippen LogP contribution in [-0.4, -0.2) is 25.9 Å². The zero-order valence-electron chi connectivity index (χ0n) is 13.9. The smallest absolute Gasteiger partial charge is 0.117 e. The van der Waals surface area contributed by atoms with Crippen molar-refractivity contribution < 1.29 is 4.39 Å². The van der Waals surface area contributed by atoms with Crippen molar-refractivity contribution in [1.82, 2.24) is 19.3 Å². The van der Waals surface area contributed by atoms with Gasteiger partial charge in [-0.25, -0.2) is 9.37 Å². The van der Waals surface area contributed by atoms with Crippen molar-refractivity contribution in [3.05, 3.63) is 47.7 Å². The van der Waals surface area contributed by atoms with Crippen LogP contribution >= 0.6 is 12.4 Å². The van der Waals surface area contributed by atoms with Gasteiger partial charge in [-0.15, -0.1) is 12.4 Å². The van der Waals surface area contributed by atoms with Crippen LogP contribution in [0.25, 0.3) is 22.3 Å². The zero-order valence-corrected chi connectivity index (χ0v) is 14.7. The molecule has 0 saturated carbocycles. The topological polar surface area (TPSA) is 85.5 Å². The van der Waals surface area contributed by atoms with E-state index in [1.807, 2.05) is 20.0 Å². The maximum atomic E-state index is 13.8. The molecule has 0 radical (unpaired) electrons. The largest absolute Gasteiger partial charge is 0.327 e. The van der Waals surface area contributed by atoms with E-state index in [0.29, 0.717) is 16.6 Å². The number of rotatable bonds is 4. The molecule has 0 unspecified atom stereocenters. The second-order valence-electron chi connectivity index (χ2n) is 5.56. The van der Waals surface area contributed by atoms with E-state index in [1.165, 1.54) is 6.08 Å². The lowest BCUT2D eigenvalue weighted by atomic mass is 10.1. The molecule has 0 fully saturated rings. The molecule has 25 heavy (non-hydrogen) atoms. The van der Waals surface area contributed by atoms with Gasteiger partial charge in [-0.1, -0.05) is 0 Å². The minimum Gasteiger partial charge on any atom is -0.327 e. The Balaban J connectivity index is 0.00000225. The number of imidazole rings is 1. The van der Waals surface area contributed by atoms with Gasteiger partial charge in [0.05, 0.1) is 46.9 Å². The third kappa shape index (κ3) is 3.55. The molecule has 0 spiro atoms. The highest BCUT2D eigenvalue weighted by Crippen LogP contribution is 2.30. The first kappa shape index (κ1) is 18.6. The third-order valence-electron chi connectivity index (χ3n) is 3.79. The molecule has 3 rings (SSSR count). The normalized spacial score (nSPS) is 11.4. The molecule has 2 aromatic heterocycles. The summed E-state index contributed by atoms with van der Waals surface area (Å²) in [5.41, 5.74) is 9.77. The minimum absolute atomic E-state index is 0. The number of nitrogens with zero attached hydrogens (tertiary/aromatic N) is 5. The SMILES string of the molecule is Cc1cc(-c2cc(C#N)cc3c2ncn3CC(F)=CCN)n(C)n1.Cl. The van der Waals surface area contributed by atoms with Crippen LogP contribution in [0, 0.1) is 18.3 Å². The van der Waals surface area contributed by atoms with Crippen LogP contribution in [0.3, 0.4) is 0 Å². The molecule has 0 aliphatic heterocycles. The van der Waals surface area contributed by atoms with E-state index in [0.717, 1.165) is 17.0 Å². The Kier molecular flexibility index (Phi) is 5.57. The number of allylic oxidation sites excluding steroid dienone is 1. The summed E-state index contributed by atoms with van der Waals surface area (Å²) in [6, 6.07) is 7.58. The molecule has 6 nitrogen and oxygen atoms in total. The summed E-state index contributed by atoms with van der Waals surface area (Å²) in [6.45, 7) is 2.08. The molecule has 130 valence electrons. The number of halogens is 2. The number of fused-ring (bicyclic) bond motifs is 1. The molecule has 8 heteroatoms. The van der Waals surface area contributed by atoms with Gasteiger partial charge in [0.25, 0.3) is 0 Å². The van der Waals surface area contributed by atoms with Crippen molar-refractivity contribution in [2.24, 2.45) is 12.8 Å². The molecule has 3 aromatic rings. The highest BCUT2D eigenvalue weighted by atomic mass is 35.5. The molecule has 1 aromatic carbocycles. The highest BCUT2D eigenvalue weighted by Gasteiger charge is 2.15. The fourth-order valence-corrected chi connectivity index (χ4v) is 2.77. The molecule has 0 amide bonds. The Morgan fingerprint density at radius 1 is 1.40 bits per heavy atom. The van der Waals surface area contributed by atoms with Crippen molar-refractivity contribution in [3.63, 3.8) is 0 Å². The van der Waals surface area contributed by atoms with Crippen LogP contribution in [0.5, 0.6) is 0 Å². The Morgan fingerprint density at radius 2 is 2.16 bits per heavy atom. The monoisotopic (exact) mass is 360 g/mol. The van der Waals surface area contributed by atoms with E-state index >= 15 is 0 Å². The number of aryl methyl sites for hydroxylation is 2. The predicted octanol–water partition coefficient (Wildman–Crippen LogP) is 2.85. The number of aromatic nitrogens is 4. The summed E-state index contributed by atoms with van der Waals surface area (Å²) in [5.74, 6) is -0.336. The van der Waals surface area contributed by atoms with Crippen LogP contribution in [0.4, 0.5) is 4.39 Å². The van der Waals surface area contributed by atoms with E-state index in [1.54, 1.807) is 27.7 Å². The average molecular weight is 361 g/mol. The summed E-state index contributed by atoms with van der Waals surface area (Å²) in [5, 5.41) is 13.7. The zero-order chi connectivity index (χ0) is 17.3. The second kappa shape index (κ2) is 7.47. The highest BCUT2D eigenvalue weighted by molar-refractivity contribution is 5.92. The Hall–Kier alpha value is -2.69. The molecule has 0 saturated heterocycles. The first-order valence-corrected chi connectivity index (χ1v) is 7.48. The number of hydrogen-bond donors (Lipinski definition) is 1. The lowest BCUT2D eigenvalue weighted by molar-refractivity contribution is 0.558. The second-order valence-corrected chi connectivity index (χ2v) is 5.56. The quantitative estimate of drug-likeness (QED) is 0.775. The lowest BCUT2D eigenvalue weighted by Gasteiger charge is -2.07. The summed E-state index contributed by atoms with van der Waals surface area (Å²) >= 11 is 0. The van der Waals surface area contributed by atoms with Crippen molar-refractivity contribution in [1.29, 1.82) is 5.26 Å². The minimum atomic E-state index is -0.336. The summed E-state index contributed by atoms with van der Waals surface area (Å²) in [7, 11) is 1.84. The van der Waals surface area contributed by atoms with Gasteiger partial charge in [0, 0.05) is 19.2 Å². The molecule has 2 heterocycles. The summed E-state index contributed by atoms with van der Waals surface area (Å²) in [6.07, 6.45) is 2.90. The fraction of sp³-hybridized carbons (Fsp3) is 0.235. The van der Waals surface area contributed by atoms with Crippen LogP contribution in [0.2, 0.25) is 0 Å². The summed E-state index contributed by atoms with van der Waals surface area (Å²) < 4.78 is 17.2. The lowest BCUT2D eigenvalue weighted by Crippen LogP contribution is -2.01. The van der Waals surface area contributed by atoms with Gasteiger partial charge in [0.1, 0.15) is 5.83 Å². The van der Waals surface area contributed by atoms with Gasteiger partial charge in [0.2, 0.25) is 0 Å². The van der Waals surface area contributed by atoms with Gasteiger partial charge in [-0.05, 0) is 31.2 Å². The standard InChI is InChI=1S/C17H17FN6.ClH/c1-11-5-15(23(2)22-11)14-6-12(8-20)7-16-17(14)21-10-24(16)9-13(18)3-4-19;/h3,5-7,10H,4,9,19H2,1-2H3;1H. The van der Waals surface area contributed by atoms with Crippen LogP contribution in [-0.2, 0) is 13.6 Å². The van der Waals surface area contributed by atoms with Gasteiger partial charge in [0.15, 0.2) is 0 Å². The van der Waals surface area contributed by atoms with Crippen molar-refractivity contribution >= 4 is 23.4 Å². The molecular formula is C17H18ClFN6.